The van der Waals surface area contributed by atoms with Crippen LogP contribution in [0.5, 0.6) is 0 Å². The number of carbonyl (C=O) groups excluding carboxylic acids is 2. The van der Waals surface area contributed by atoms with Gasteiger partial charge in [-0.25, -0.2) is 0 Å². The molecule has 4 aliphatic rings. The van der Waals surface area contributed by atoms with Crippen LogP contribution in [0.25, 0.3) is 0 Å². The normalized spacial score (nSPS) is 54.6. The second kappa shape index (κ2) is 4.66. The zero-order valence-corrected chi connectivity index (χ0v) is 13.8. The molecule has 0 aliphatic heterocycles. The summed E-state index contributed by atoms with van der Waals surface area (Å²) in [7, 11) is 0. The van der Waals surface area contributed by atoms with E-state index in [9.17, 15) is 14.7 Å². The number of aliphatic hydroxyl groups excluding tert-OH is 1. The lowest BCUT2D eigenvalue weighted by molar-refractivity contribution is -0.165. The van der Waals surface area contributed by atoms with Crippen molar-refractivity contribution in [2.24, 2.45) is 34.5 Å². The van der Waals surface area contributed by atoms with Gasteiger partial charge in [-0.15, -0.1) is 0 Å². The van der Waals surface area contributed by atoms with Crippen LogP contribution in [0.15, 0.2) is 0 Å². The topological polar surface area (TPSA) is 54.4 Å². The molecule has 1 N–H and O–H groups in total. The lowest BCUT2D eigenvalue weighted by atomic mass is 9.44. The maximum Gasteiger partial charge on any atom is 0.139 e. The Hall–Kier alpha value is -0.700. The van der Waals surface area contributed by atoms with E-state index in [4.69, 9.17) is 0 Å². The first-order valence-electron chi connectivity index (χ1n) is 9.09. The number of aliphatic hydroxyl groups is 1. The molecule has 122 valence electrons. The van der Waals surface area contributed by atoms with E-state index in [0.717, 1.165) is 38.5 Å². The molecule has 3 nitrogen and oxygen atoms in total. The molecule has 4 saturated carbocycles. The van der Waals surface area contributed by atoms with Gasteiger partial charge in [0.25, 0.3) is 0 Å². The summed E-state index contributed by atoms with van der Waals surface area (Å²) in [4.78, 5) is 24.3. The Bertz CT molecular complexity index is 527. The minimum absolute atomic E-state index is 0.100. The van der Waals surface area contributed by atoms with Crippen molar-refractivity contribution in [3.05, 3.63) is 0 Å². The van der Waals surface area contributed by atoms with Crippen LogP contribution in [0.4, 0.5) is 0 Å². The number of Topliss-reactive ketones (excluding diaryl/α,β-unsaturated/α-hetero) is 2. The number of carbonyl (C=O) groups is 2. The third kappa shape index (κ3) is 1.78. The molecule has 0 saturated heterocycles. The molecule has 7 atom stereocenters. The number of hydrogen-bond acceptors (Lipinski definition) is 3. The van der Waals surface area contributed by atoms with Crippen molar-refractivity contribution in [1.82, 2.24) is 0 Å². The molecular formula is C19H28O3. The minimum Gasteiger partial charge on any atom is -0.393 e. The molecule has 0 spiro atoms. The van der Waals surface area contributed by atoms with Crippen LogP contribution in [0.1, 0.15) is 65.2 Å². The van der Waals surface area contributed by atoms with E-state index in [1.54, 1.807) is 0 Å². The smallest absolute Gasteiger partial charge is 0.139 e. The summed E-state index contributed by atoms with van der Waals surface area (Å²) in [5, 5.41) is 10.8. The highest BCUT2D eigenvalue weighted by Gasteiger charge is 2.62. The van der Waals surface area contributed by atoms with Crippen molar-refractivity contribution in [2.45, 2.75) is 71.3 Å². The summed E-state index contributed by atoms with van der Waals surface area (Å²) in [6.45, 7) is 4.50. The lowest BCUT2D eigenvalue weighted by Crippen LogP contribution is -2.57. The first-order valence-corrected chi connectivity index (χ1v) is 9.09. The minimum atomic E-state index is -0.353. The molecule has 0 aromatic heterocycles. The third-order valence-corrected chi connectivity index (χ3v) is 8.21. The van der Waals surface area contributed by atoms with E-state index in [2.05, 4.69) is 13.8 Å². The van der Waals surface area contributed by atoms with Crippen molar-refractivity contribution < 1.29 is 14.7 Å². The van der Waals surface area contributed by atoms with Crippen molar-refractivity contribution in [2.75, 3.05) is 0 Å². The Morgan fingerprint density at radius 3 is 2.55 bits per heavy atom. The zero-order valence-electron chi connectivity index (χ0n) is 13.8. The second-order valence-corrected chi connectivity index (χ2v) is 8.95. The highest BCUT2D eigenvalue weighted by molar-refractivity contribution is 5.87. The van der Waals surface area contributed by atoms with Gasteiger partial charge in [-0.2, -0.15) is 0 Å². The SMILES string of the molecule is C[C@]12CCC(=O)C[C@H]1[C@@H](O)C[C@@H]1[C@@H]2CC[C@]2(C)C(=O)CC[C@@H]12. The predicted octanol–water partition coefficient (Wildman–Crippen LogP) is 3.14. The summed E-state index contributed by atoms with van der Waals surface area (Å²) in [5.74, 6) is 2.47. The molecule has 0 radical (unpaired) electrons. The zero-order chi connectivity index (χ0) is 15.7. The fourth-order valence-corrected chi connectivity index (χ4v) is 6.86. The molecule has 4 aliphatic carbocycles. The summed E-state index contributed by atoms with van der Waals surface area (Å²) in [6.07, 6.45) is 6.53. The van der Waals surface area contributed by atoms with Gasteiger partial charge in [0, 0.05) is 24.7 Å². The molecule has 0 aromatic carbocycles. The molecule has 3 heteroatoms. The molecule has 0 bridgehead atoms. The monoisotopic (exact) mass is 304 g/mol. The number of ketones is 2. The van der Waals surface area contributed by atoms with E-state index < -0.39 is 0 Å². The average Bonchev–Trinajstić information content (AvgIpc) is 2.77. The van der Waals surface area contributed by atoms with Gasteiger partial charge < -0.3 is 5.11 Å². The van der Waals surface area contributed by atoms with Crippen molar-refractivity contribution in [3.8, 4) is 0 Å². The van der Waals surface area contributed by atoms with Crippen molar-refractivity contribution >= 4 is 11.6 Å². The summed E-state index contributed by atoms with van der Waals surface area (Å²) < 4.78 is 0. The van der Waals surface area contributed by atoms with Crippen molar-refractivity contribution in [3.63, 3.8) is 0 Å². The van der Waals surface area contributed by atoms with E-state index in [-0.39, 0.29) is 22.9 Å². The van der Waals surface area contributed by atoms with E-state index in [1.165, 1.54) is 0 Å². The van der Waals surface area contributed by atoms with Crippen LogP contribution in [-0.4, -0.2) is 22.8 Å². The van der Waals surface area contributed by atoms with Crippen LogP contribution < -0.4 is 0 Å². The Labute approximate surface area is 132 Å². The highest BCUT2D eigenvalue weighted by atomic mass is 16.3. The van der Waals surface area contributed by atoms with E-state index >= 15 is 0 Å². The Morgan fingerprint density at radius 1 is 1.00 bits per heavy atom. The second-order valence-electron chi connectivity index (χ2n) is 8.95. The molecular weight excluding hydrogens is 276 g/mol. The maximum absolute atomic E-state index is 12.4. The molecule has 0 unspecified atom stereocenters. The van der Waals surface area contributed by atoms with Crippen LogP contribution in [0.3, 0.4) is 0 Å². The number of hydrogen-bond donors (Lipinski definition) is 1. The van der Waals surface area contributed by atoms with Gasteiger partial charge in [-0.3, -0.25) is 9.59 Å². The summed E-state index contributed by atoms with van der Waals surface area (Å²) in [5.41, 5.74) is -0.0300. The van der Waals surface area contributed by atoms with E-state index in [0.29, 0.717) is 42.2 Å². The Kier molecular flexibility index (Phi) is 3.15. The molecule has 0 amide bonds. The van der Waals surface area contributed by atoms with Gasteiger partial charge in [0.1, 0.15) is 11.6 Å². The van der Waals surface area contributed by atoms with Crippen LogP contribution in [-0.2, 0) is 9.59 Å². The Morgan fingerprint density at radius 2 is 1.77 bits per heavy atom. The van der Waals surface area contributed by atoms with Gasteiger partial charge in [0.05, 0.1) is 6.10 Å². The lowest BCUT2D eigenvalue weighted by Gasteiger charge is -2.60. The predicted molar refractivity (Wildman–Crippen MR) is 83.1 cm³/mol. The van der Waals surface area contributed by atoms with E-state index in [1.807, 2.05) is 0 Å². The first kappa shape index (κ1) is 14.9. The van der Waals surface area contributed by atoms with Gasteiger partial charge in [0.15, 0.2) is 0 Å². The van der Waals surface area contributed by atoms with Crippen LogP contribution >= 0.6 is 0 Å². The molecule has 4 rings (SSSR count). The Balaban J connectivity index is 1.69. The summed E-state index contributed by atoms with van der Waals surface area (Å²) in [6, 6.07) is 0. The largest absolute Gasteiger partial charge is 0.393 e. The molecule has 0 heterocycles. The number of fused-ring (bicyclic) bond motifs is 5. The van der Waals surface area contributed by atoms with Gasteiger partial charge >= 0.3 is 0 Å². The standard InChI is InChI=1S/C19H28O3/c1-18-7-5-11(20)9-15(18)16(21)10-12-13-3-4-17(22)19(13,2)8-6-14(12)18/h12-16,21H,3-10H2,1-2H3/t12-,13-,14-,15-,16-,18+,19-/m0/s1. The van der Waals surface area contributed by atoms with Crippen molar-refractivity contribution in [1.29, 1.82) is 0 Å². The first-order chi connectivity index (χ1) is 10.4. The van der Waals surface area contributed by atoms with Crippen LogP contribution in [0.2, 0.25) is 0 Å². The highest BCUT2D eigenvalue weighted by Crippen LogP contribution is 2.65. The quantitative estimate of drug-likeness (QED) is 0.748. The van der Waals surface area contributed by atoms with Gasteiger partial charge in [-0.05, 0) is 61.2 Å². The average molecular weight is 304 g/mol. The fraction of sp³-hybridized carbons (Fsp3) is 0.895. The van der Waals surface area contributed by atoms with Gasteiger partial charge in [-0.1, -0.05) is 13.8 Å². The fourth-order valence-electron chi connectivity index (χ4n) is 6.86. The van der Waals surface area contributed by atoms with Gasteiger partial charge in [0.2, 0.25) is 0 Å². The summed E-state index contributed by atoms with van der Waals surface area (Å²) >= 11 is 0. The maximum atomic E-state index is 12.4. The molecule has 22 heavy (non-hydrogen) atoms. The number of rotatable bonds is 0. The third-order valence-electron chi connectivity index (χ3n) is 8.21. The molecule has 0 aromatic rings. The molecule has 4 fully saturated rings. The van der Waals surface area contributed by atoms with Crippen LogP contribution in [0, 0.1) is 34.5 Å².